The molecule has 1 spiro atoms. The van der Waals surface area contributed by atoms with E-state index in [1.807, 2.05) is 19.0 Å². The smallest absolute Gasteiger partial charge is 0.296 e. The second-order valence-electron chi connectivity index (χ2n) is 9.57. The first-order valence-corrected chi connectivity index (χ1v) is 13.2. The number of hydrogen-bond acceptors (Lipinski definition) is 7. The van der Waals surface area contributed by atoms with Gasteiger partial charge in [-0.3, -0.25) is 14.4 Å². The van der Waals surface area contributed by atoms with Crippen LogP contribution in [0.2, 0.25) is 0 Å². The molecular formula is C26H30N4O6S. The van der Waals surface area contributed by atoms with Gasteiger partial charge in [0.1, 0.15) is 5.76 Å². The number of carbonyl (C=O) groups is 3. The lowest BCUT2D eigenvalue weighted by Crippen LogP contribution is -2.51. The van der Waals surface area contributed by atoms with Crippen molar-refractivity contribution >= 4 is 39.1 Å². The minimum atomic E-state index is -3.85. The van der Waals surface area contributed by atoms with E-state index in [1.165, 1.54) is 48.2 Å². The molecule has 1 fully saturated rings. The van der Waals surface area contributed by atoms with Crippen molar-refractivity contribution in [1.82, 2.24) is 14.1 Å². The molecule has 196 valence electrons. The second-order valence-corrected chi connectivity index (χ2v) is 11.7. The Hall–Kier alpha value is -3.54. The lowest BCUT2D eigenvalue weighted by atomic mass is 9.82. The maximum Gasteiger partial charge on any atom is 0.296 e. The normalized spacial score (nSPS) is 21.1. The number of likely N-dealkylation sites (N-methyl/N-ethyl adjacent to an activating group) is 1. The minimum Gasteiger partial charge on any atom is -0.507 e. The highest BCUT2D eigenvalue weighted by Crippen LogP contribution is 2.53. The van der Waals surface area contributed by atoms with E-state index >= 15 is 0 Å². The number of hydrogen-bond donors (Lipinski definition) is 1. The topological polar surface area (TPSA) is 119 Å². The molecule has 2 aliphatic heterocycles. The Bertz CT molecular complexity index is 1430. The van der Waals surface area contributed by atoms with Crippen molar-refractivity contribution in [2.45, 2.75) is 16.9 Å². The first-order valence-electron chi connectivity index (χ1n) is 11.7. The maximum atomic E-state index is 14.0. The van der Waals surface area contributed by atoms with Gasteiger partial charge in [0, 0.05) is 44.5 Å². The molecule has 1 N–H and O–H groups in total. The van der Waals surface area contributed by atoms with Crippen molar-refractivity contribution in [1.29, 1.82) is 0 Å². The lowest BCUT2D eigenvalue weighted by Gasteiger charge is -2.34. The predicted molar refractivity (Wildman–Crippen MR) is 138 cm³/mol. The zero-order valence-corrected chi connectivity index (χ0v) is 22.2. The van der Waals surface area contributed by atoms with Gasteiger partial charge in [0.25, 0.3) is 17.6 Å². The van der Waals surface area contributed by atoms with Gasteiger partial charge in [0.2, 0.25) is 10.0 Å². The summed E-state index contributed by atoms with van der Waals surface area (Å²) in [6.07, 6.45) is 0.484. The van der Waals surface area contributed by atoms with Crippen LogP contribution in [0, 0.1) is 0 Å². The summed E-state index contributed by atoms with van der Waals surface area (Å²) in [5.74, 6) is -3.04. The van der Waals surface area contributed by atoms with Gasteiger partial charge in [-0.1, -0.05) is 30.3 Å². The van der Waals surface area contributed by atoms with E-state index in [0.717, 1.165) is 4.31 Å². The molecule has 2 aromatic rings. The molecule has 2 heterocycles. The van der Waals surface area contributed by atoms with E-state index in [1.54, 1.807) is 31.3 Å². The van der Waals surface area contributed by atoms with Crippen molar-refractivity contribution in [3.63, 3.8) is 0 Å². The Morgan fingerprint density at radius 2 is 1.68 bits per heavy atom. The summed E-state index contributed by atoms with van der Waals surface area (Å²) in [6, 6.07) is 12.3. The number of likely N-dealkylation sites (tertiary alicyclic amines) is 1. The zero-order chi connectivity index (χ0) is 27.3. The average Bonchev–Trinajstić information content (AvgIpc) is 3.22. The Balaban J connectivity index is 1.99. The fraction of sp³-hybridized carbons (Fsp3) is 0.346. The van der Waals surface area contributed by atoms with E-state index in [-0.39, 0.29) is 22.6 Å². The number of benzene rings is 2. The number of anilines is 1. The molecular weight excluding hydrogens is 496 g/mol. The number of fused-ring (bicyclic) bond motifs is 2. The molecule has 0 saturated carbocycles. The van der Waals surface area contributed by atoms with Gasteiger partial charge in [0.05, 0.1) is 10.5 Å². The van der Waals surface area contributed by atoms with Crippen LogP contribution in [0.15, 0.2) is 59.0 Å². The number of aliphatic hydroxyl groups is 1. The summed E-state index contributed by atoms with van der Waals surface area (Å²) < 4.78 is 26.5. The summed E-state index contributed by atoms with van der Waals surface area (Å²) in [5, 5.41) is 11.5. The molecule has 11 heteroatoms. The number of carbonyl (C=O) groups excluding carboxylic acids is 3. The first-order chi connectivity index (χ1) is 17.4. The van der Waals surface area contributed by atoms with Gasteiger partial charge in [0.15, 0.2) is 5.54 Å². The molecule has 0 aliphatic carbocycles. The highest BCUT2D eigenvalue weighted by Gasteiger charge is 2.66. The molecule has 37 heavy (non-hydrogen) atoms. The molecule has 1 unspecified atom stereocenters. The number of ketones is 1. The third-order valence-corrected chi connectivity index (χ3v) is 8.62. The van der Waals surface area contributed by atoms with Crippen LogP contribution in [0.1, 0.15) is 17.5 Å². The number of aliphatic hydroxyl groups excluding tert-OH is 1. The third-order valence-electron chi connectivity index (χ3n) is 6.81. The van der Waals surface area contributed by atoms with Crippen molar-refractivity contribution in [2.24, 2.45) is 0 Å². The van der Waals surface area contributed by atoms with Crippen LogP contribution in [0.5, 0.6) is 0 Å². The highest BCUT2D eigenvalue weighted by atomic mass is 32.2. The van der Waals surface area contributed by atoms with Gasteiger partial charge in [-0.25, -0.2) is 12.7 Å². The van der Waals surface area contributed by atoms with Gasteiger partial charge < -0.3 is 19.8 Å². The van der Waals surface area contributed by atoms with Crippen molar-refractivity contribution in [3.8, 4) is 0 Å². The zero-order valence-electron chi connectivity index (χ0n) is 21.4. The van der Waals surface area contributed by atoms with E-state index < -0.39 is 38.9 Å². The van der Waals surface area contributed by atoms with Gasteiger partial charge in [-0.05, 0) is 45.3 Å². The average molecular weight is 527 g/mol. The van der Waals surface area contributed by atoms with E-state index in [9.17, 15) is 27.9 Å². The Labute approximate surface area is 216 Å². The number of sulfonamides is 1. The highest BCUT2D eigenvalue weighted by molar-refractivity contribution is 7.89. The molecule has 2 amide bonds. The Kier molecular flexibility index (Phi) is 6.74. The Morgan fingerprint density at radius 1 is 1.00 bits per heavy atom. The van der Waals surface area contributed by atoms with E-state index in [4.69, 9.17) is 0 Å². The quantitative estimate of drug-likeness (QED) is 0.330. The molecule has 0 radical (unpaired) electrons. The summed E-state index contributed by atoms with van der Waals surface area (Å²) in [4.78, 5) is 45.3. The van der Waals surface area contributed by atoms with Gasteiger partial charge in [-0.15, -0.1) is 0 Å². The summed E-state index contributed by atoms with van der Waals surface area (Å²) in [7, 11) is 4.22. The summed E-state index contributed by atoms with van der Waals surface area (Å²) in [5.41, 5.74) is -1.31. The molecule has 2 aliphatic rings. The molecule has 2 aromatic carbocycles. The van der Waals surface area contributed by atoms with Crippen LogP contribution in [0.4, 0.5) is 5.69 Å². The van der Waals surface area contributed by atoms with Crippen LogP contribution in [-0.2, 0) is 29.9 Å². The lowest BCUT2D eigenvalue weighted by molar-refractivity contribution is -0.143. The van der Waals surface area contributed by atoms with Crippen LogP contribution in [-0.4, -0.2) is 93.6 Å². The van der Waals surface area contributed by atoms with Crippen LogP contribution in [0.3, 0.4) is 0 Å². The monoisotopic (exact) mass is 526 g/mol. The number of amides is 2. The molecule has 1 atom stereocenters. The van der Waals surface area contributed by atoms with E-state index in [2.05, 4.69) is 0 Å². The Morgan fingerprint density at radius 3 is 2.32 bits per heavy atom. The number of rotatable bonds is 7. The standard InChI is InChI=1S/C26H30N4O6S/c1-27(2)14-9-15-30-24(33)23(32)21(26(30)19-12-6-7-13-20(19)29(5)25(26)34)22(31)17-10-8-11-18(16-17)37(35,36)28(3)4/h6-8,10-13,16,31H,9,14-15H2,1-5H3/b22-21-. The van der Waals surface area contributed by atoms with Crippen molar-refractivity contribution < 1.29 is 27.9 Å². The maximum absolute atomic E-state index is 14.0. The molecule has 0 bridgehead atoms. The first kappa shape index (κ1) is 26.5. The SMILES string of the molecule is CN(C)CCCN1C(=O)C(=O)/C(=C(/O)c2cccc(S(=O)(=O)N(C)C)c2)C12C(=O)N(C)c1ccccc12. The fourth-order valence-corrected chi connectivity index (χ4v) is 5.92. The second kappa shape index (κ2) is 9.40. The summed E-state index contributed by atoms with van der Waals surface area (Å²) in [6.45, 7) is 0.706. The molecule has 10 nitrogen and oxygen atoms in total. The van der Waals surface area contributed by atoms with Crippen LogP contribution in [0.25, 0.3) is 5.76 Å². The minimum absolute atomic E-state index is 0.00780. The number of para-hydroxylation sites is 1. The van der Waals surface area contributed by atoms with Crippen LogP contribution < -0.4 is 4.90 Å². The van der Waals surface area contributed by atoms with Gasteiger partial charge in [-0.2, -0.15) is 0 Å². The van der Waals surface area contributed by atoms with Crippen molar-refractivity contribution in [2.75, 3.05) is 53.2 Å². The largest absolute Gasteiger partial charge is 0.507 e. The molecule has 1 saturated heterocycles. The number of nitrogens with zero attached hydrogens (tertiary/aromatic N) is 4. The predicted octanol–water partition coefficient (Wildman–Crippen LogP) is 1.44. The third kappa shape index (κ3) is 3.94. The fourth-order valence-electron chi connectivity index (χ4n) is 4.98. The molecule has 4 rings (SSSR count). The van der Waals surface area contributed by atoms with E-state index in [0.29, 0.717) is 24.2 Å². The molecule has 0 aromatic heterocycles. The van der Waals surface area contributed by atoms with Crippen LogP contribution >= 0.6 is 0 Å². The summed E-state index contributed by atoms with van der Waals surface area (Å²) >= 11 is 0. The van der Waals surface area contributed by atoms with Gasteiger partial charge >= 0.3 is 0 Å². The number of Topliss-reactive ketones (excluding diaryl/α,β-unsaturated/α-hetero) is 1. The van der Waals surface area contributed by atoms with Crippen molar-refractivity contribution in [3.05, 3.63) is 65.2 Å².